The minimum Gasteiger partial charge on any atom is -0.348 e. The number of hydrogen-bond acceptors (Lipinski definition) is 3. The van der Waals surface area contributed by atoms with Crippen molar-refractivity contribution in [2.45, 2.75) is 27.2 Å². The summed E-state index contributed by atoms with van der Waals surface area (Å²) in [6, 6.07) is 8.94. The summed E-state index contributed by atoms with van der Waals surface area (Å²) in [6.07, 6.45) is 0.231. The van der Waals surface area contributed by atoms with E-state index in [9.17, 15) is 9.00 Å². The van der Waals surface area contributed by atoms with Crippen LogP contribution in [0.5, 0.6) is 0 Å². The highest BCUT2D eigenvalue weighted by atomic mass is 32.2. The molecule has 0 bridgehead atoms. The lowest BCUT2D eigenvalue weighted by Crippen LogP contribution is -2.19. The molecule has 1 unspecified atom stereocenters. The topological polar surface area (TPSA) is 55.4 Å². The van der Waals surface area contributed by atoms with Crippen molar-refractivity contribution in [1.29, 1.82) is 0 Å². The Morgan fingerprint density at radius 2 is 1.88 bits per heavy atom. The Hall–Kier alpha value is -1.36. The summed E-state index contributed by atoms with van der Waals surface area (Å²) in [5.41, 5.74) is 0.475. The van der Waals surface area contributed by atoms with E-state index < -0.39 is 17.2 Å². The van der Waals surface area contributed by atoms with Gasteiger partial charge in [0.15, 0.2) is 0 Å². The molecule has 0 radical (unpaired) electrons. The lowest BCUT2D eigenvalue weighted by Gasteiger charge is -2.16. The average molecular weight is 255 g/mol. The maximum atomic E-state index is 11.5. The van der Waals surface area contributed by atoms with Gasteiger partial charge in [-0.25, -0.2) is 0 Å². The maximum Gasteiger partial charge on any atom is 0.322 e. The van der Waals surface area contributed by atoms with Crippen LogP contribution in [0.3, 0.4) is 0 Å². The number of rotatable bonds is 4. The van der Waals surface area contributed by atoms with E-state index in [-0.39, 0.29) is 11.8 Å². The molecule has 4 nitrogen and oxygen atoms in total. The van der Waals surface area contributed by atoms with Crippen molar-refractivity contribution < 1.29 is 13.2 Å². The molecule has 17 heavy (non-hydrogen) atoms. The number of anilines is 1. The molecule has 0 saturated heterocycles. The van der Waals surface area contributed by atoms with Crippen LogP contribution in [0.1, 0.15) is 27.2 Å². The first-order valence-electron chi connectivity index (χ1n) is 5.31. The third-order valence-corrected chi connectivity index (χ3v) is 2.56. The molecule has 0 aliphatic rings. The van der Waals surface area contributed by atoms with Crippen LogP contribution in [-0.4, -0.2) is 10.2 Å². The molecule has 0 fully saturated rings. The van der Waals surface area contributed by atoms with Gasteiger partial charge in [-0.2, -0.15) is 4.21 Å². The molecule has 0 aliphatic heterocycles. The largest absolute Gasteiger partial charge is 0.348 e. The van der Waals surface area contributed by atoms with E-state index in [1.807, 2.05) is 26.8 Å². The molecule has 94 valence electrons. The first-order valence-corrected chi connectivity index (χ1v) is 6.39. The Morgan fingerprint density at radius 1 is 1.29 bits per heavy atom. The van der Waals surface area contributed by atoms with Gasteiger partial charge in [0.2, 0.25) is 0 Å². The van der Waals surface area contributed by atoms with Gasteiger partial charge in [-0.1, -0.05) is 39.0 Å². The van der Waals surface area contributed by atoms with Crippen LogP contribution in [-0.2, 0) is 20.2 Å². The molecule has 0 amide bonds. The standard InChI is InChI=1S/C12H17NO3S/c1-12(2,3)9-11(14)16-17(15)13-10-7-5-4-6-8-10/h4-8,13H,9H2,1-3H3. The first-order chi connectivity index (χ1) is 7.87. The molecule has 0 aromatic heterocycles. The summed E-state index contributed by atoms with van der Waals surface area (Å²) in [5, 5.41) is 0. The van der Waals surface area contributed by atoms with Gasteiger partial charge in [0.05, 0.1) is 6.42 Å². The third kappa shape index (κ3) is 6.06. The van der Waals surface area contributed by atoms with Gasteiger partial charge in [0.1, 0.15) is 0 Å². The quantitative estimate of drug-likeness (QED) is 0.900. The summed E-state index contributed by atoms with van der Waals surface area (Å²) < 4.78 is 18.8. The van der Waals surface area contributed by atoms with Gasteiger partial charge in [-0.05, 0) is 17.5 Å². The van der Waals surface area contributed by atoms with Crippen LogP contribution in [0.25, 0.3) is 0 Å². The lowest BCUT2D eigenvalue weighted by molar-refractivity contribution is -0.135. The zero-order valence-corrected chi connectivity index (χ0v) is 11.0. The van der Waals surface area contributed by atoms with Gasteiger partial charge in [0.25, 0.3) is 0 Å². The molecule has 1 rings (SSSR count). The predicted molar refractivity (Wildman–Crippen MR) is 68.4 cm³/mol. The highest BCUT2D eigenvalue weighted by Crippen LogP contribution is 2.19. The van der Waals surface area contributed by atoms with Gasteiger partial charge >= 0.3 is 17.2 Å². The number of carbonyl (C=O) groups is 1. The third-order valence-electron chi connectivity index (χ3n) is 1.82. The van der Waals surface area contributed by atoms with Gasteiger partial charge in [-0.3, -0.25) is 9.52 Å². The zero-order chi connectivity index (χ0) is 12.9. The second-order valence-corrected chi connectivity index (χ2v) is 5.74. The van der Waals surface area contributed by atoms with Crippen molar-refractivity contribution in [1.82, 2.24) is 0 Å². The fourth-order valence-corrected chi connectivity index (χ4v) is 1.77. The molecule has 1 atom stereocenters. The smallest absolute Gasteiger partial charge is 0.322 e. The summed E-state index contributed by atoms with van der Waals surface area (Å²) >= 11 is -1.84. The molecule has 1 N–H and O–H groups in total. The molecule has 0 aliphatic carbocycles. The molecule has 0 saturated carbocycles. The van der Waals surface area contributed by atoms with Gasteiger partial charge in [-0.15, -0.1) is 0 Å². The van der Waals surface area contributed by atoms with Crippen molar-refractivity contribution in [3.63, 3.8) is 0 Å². The van der Waals surface area contributed by atoms with E-state index in [2.05, 4.69) is 4.72 Å². The molecule has 0 spiro atoms. The van der Waals surface area contributed by atoms with Crippen LogP contribution in [0, 0.1) is 5.41 Å². The van der Waals surface area contributed by atoms with E-state index in [4.69, 9.17) is 4.18 Å². The highest BCUT2D eigenvalue weighted by molar-refractivity contribution is 7.82. The Bertz CT molecular complexity index is 398. The summed E-state index contributed by atoms with van der Waals surface area (Å²) in [5.74, 6) is -0.473. The molecule has 1 aromatic carbocycles. The monoisotopic (exact) mass is 255 g/mol. The maximum absolute atomic E-state index is 11.5. The number of benzene rings is 1. The van der Waals surface area contributed by atoms with Crippen molar-refractivity contribution in [3.8, 4) is 0 Å². The lowest BCUT2D eigenvalue weighted by atomic mass is 9.93. The molecule has 1 aromatic rings. The van der Waals surface area contributed by atoms with E-state index in [1.54, 1.807) is 24.3 Å². The van der Waals surface area contributed by atoms with Gasteiger partial charge < -0.3 is 4.18 Å². The second-order valence-electron chi connectivity index (χ2n) is 4.90. The fraction of sp³-hybridized carbons (Fsp3) is 0.417. The normalized spacial score (nSPS) is 12.9. The van der Waals surface area contributed by atoms with Crippen molar-refractivity contribution in [2.24, 2.45) is 5.41 Å². The first kappa shape index (κ1) is 13.7. The predicted octanol–water partition coefficient (Wildman–Crippen LogP) is 2.66. The van der Waals surface area contributed by atoms with Crippen LogP contribution in [0.15, 0.2) is 30.3 Å². The minimum absolute atomic E-state index is 0.173. The van der Waals surface area contributed by atoms with Crippen LogP contribution in [0.2, 0.25) is 0 Å². The second kappa shape index (κ2) is 5.82. The molecular weight excluding hydrogens is 238 g/mol. The van der Waals surface area contributed by atoms with Crippen molar-refractivity contribution in [2.75, 3.05) is 4.72 Å². The van der Waals surface area contributed by atoms with Crippen molar-refractivity contribution in [3.05, 3.63) is 30.3 Å². The zero-order valence-electron chi connectivity index (χ0n) is 10.2. The number of nitrogens with one attached hydrogen (secondary N) is 1. The highest BCUT2D eigenvalue weighted by Gasteiger charge is 2.19. The SMILES string of the molecule is CC(C)(C)CC(=O)OS(=O)Nc1ccccc1. The number of carbonyl (C=O) groups excluding carboxylic acids is 1. The van der Waals surface area contributed by atoms with Crippen molar-refractivity contribution >= 4 is 22.9 Å². The van der Waals surface area contributed by atoms with E-state index in [0.717, 1.165) is 0 Å². The Balaban J connectivity index is 2.43. The van der Waals surface area contributed by atoms with Crippen LogP contribution < -0.4 is 4.72 Å². The van der Waals surface area contributed by atoms with Gasteiger partial charge in [0, 0.05) is 5.69 Å². The number of para-hydroxylation sites is 1. The summed E-state index contributed by atoms with van der Waals surface area (Å²) in [6.45, 7) is 5.76. The minimum atomic E-state index is -1.84. The number of hydrogen-bond donors (Lipinski definition) is 1. The van der Waals surface area contributed by atoms with E-state index in [1.165, 1.54) is 0 Å². The Labute approximate surface area is 104 Å². The Morgan fingerprint density at radius 3 is 2.41 bits per heavy atom. The van der Waals surface area contributed by atoms with Crippen LogP contribution >= 0.6 is 0 Å². The molecule has 5 heteroatoms. The van der Waals surface area contributed by atoms with E-state index in [0.29, 0.717) is 5.69 Å². The van der Waals surface area contributed by atoms with E-state index >= 15 is 0 Å². The summed E-state index contributed by atoms with van der Waals surface area (Å²) in [4.78, 5) is 11.4. The van der Waals surface area contributed by atoms with Crippen LogP contribution in [0.4, 0.5) is 5.69 Å². The Kier molecular flexibility index (Phi) is 4.69. The molecule has 0 heterocycles. The average Bonchev–Trinajstić information content (AvgIpc) is 2.15. The molecular formula is C12H17NO3S. The summed E-state index contributed by atoms with van der Waals surface area (Å²) in [7, 11) is 0. The fourth-order valence-electron chi connectivity index (χ4n) is 1.17.